The highest BCUT2D eigenvalue weighted by atomic mass is 35.5. The number of nitrogens with two attached hydrogens (primary N) is 1. The van der Waals surface area contributed by atoms with Crippen molar-refractivity contribution in [3.8, 4) is 0 Å². The van der Waals surface area contributed by atoms with Gasteiger partial charge in [-0.2, -0.15) is 0 Å². The van der Waals surface area contributed by atoms with Crippen LogP contribution in [0.15, 0.2) is 53.3 Å². The molecule has 1 heterocycles. The number of benzene rings is 2. The van der Waals surface area contributed by atoms with Gasteiger partial charge in [0.25, 0.3) is 5.56 Å². The van der Waals surface area contributed by atoms with Crippen LogP contribution in [-0.2, 0) is 17.6 Å². The SMILES string of the molecule is Cl.Nc1ccc(CCNC(=O)CCCc2nc3ccccc3c(=O)[nH]2)cc1. The zero-order chi connectivity index (χ0) is 18.4. The van der Waals surface area contributed by atoms with Crippen LogP contribution < -0.4 is 16.6 Å². The van der Waals surface area contributed by atoms with Crippen molar-refractivity contribution < 1.29 is 4.79 Å². The Labute approximate surface area is 163 Å². The normalized spacial score (nSPS) is 10.4. The lowest BCUT2D eigenvalue weighted by Crippen LogP contribution is -2.25. The molecule has 0 saturated heterocycles. The summed E-state index contributed by atoms with van der Waals surface area (Å²) in [6.07, 6.45) is 2.37. The third-order valence-corrected chi connectivity index (χ3v) is 4.19. The summed E-state index contributed by atoms with van der Waals surface area (Å²) in [5.41, 5.74) is 8.06. The fourth-order valence-electron chi connectivity index (χ4n) is 2.79. The minimum Gasteiger partial charge on any atom is -0.399 e. The maximum atomic E-state index is 12.0. The number of aryl methyl sites for hydroxylation is 1. The quantitative estimate of drug-likeness (QED) is 0.543. The second-order valence-corrected chi connectivity index (χ2v) is 6.22. The van der Waals surface area contributed by atoms with Gasteiger partial charge in [0, 0.05) is 25.1 Å². The molecule has 0 saturated carbocycles. The van der Waals surface area contributed by atoms with Crippen molar-refractivity contribution in [2.45, 2.75) is 25.7 Å². The number of rotatable bonds is 7. The molecule has 0 radical (unpaired) electrons. The number of para-hydroxylation sites is 1. The molecule has 1 aromatic heterocycles. The standard InChI is InChI=1S/C20H22N4O2.ClH/c21-15-10-8-14(9-11-15)12-13-22-19(25)7-3-6-18-23-17-5-2-1-4-16(17)20(26)24-18;/h1-2,4-5,8-11H,3,6-7,12-13,21H2,(H,22,25)(H,23,24,26);1H. The highest BCUT2D eigenvalue weighted by Gasteiger charge is 2.05. The smallest absolute Gasteiger partial charge is 0.258 e. The number of aromatic nitrogens is 2. The van der Waals surface area contributed by atoms with Gasteiger partial charge in [-0.1, -0.05) is 24.3 Å². The first kappa shape index (κ1) is 20.5. The number of fused-ring (bicyclic) bond motifs is 1. The maximum absolute atomic E-state index is 12.0. The molecule has 0 atom stereocenters. The number of hydrogen-bond donors (Lipinski definition) is 3. The molecule has 0 fully saturated rings. The highest BCUT2D eigenvalue weighted by molar-refractivity contribution is 5.85. The van der Waals surface area contributed by atoms with Crippen LogP contribution in [-0.4, -0.2) is 22.4 Å². The molecule has 6 nitrogen and oxygen atoms in total. The number of halogens is 1. The van der Waals surface area contributed by atoms with Crippen molar-refractivity contribution in [2.75, 3.05) is 12.3 Å². The van der Waals surface area contributed by atoms with Gasteiger partial charge in [0.05, 0.1) is 10.9 Å². The topological polar surface area (TPSA) is 101 Å². The molecular formula is C20H23ClN4O2. The summed E-state index contributed by atoms with van der Waals surface area (Å²) in [6.45, 7) is 0.591. The molecule has 0 aliphatic carbocycles. The molecule has 0 aliphatic heterocycles. The second kappa shape index (κ2) is 9.73. The van der Waals surface area contributed by atoms with Gasteiger partial charge in [-0.15, -0.1) is 12.4 Å². The zero-order valence-corrected chi connectivity index (χ0v) is 15.7. The van der Waals surface area contributed by atoms with Gasteiger partial charge in [-0.25, -0.2) is 4.98 Å². The Balaban J connectivity index is 0.00000261. The van der Waals surface area contributed by atoms with Crippen LogP contribution in [0.1, 0.15) is 24.2 Å². The van der Waals surface area contributed by atoms with Gasteiger partial charge in [-0.05, 0) is 42.7 Å². The number of hydrogen-bond acceptors (Lipinski definition) is 4. The molecule has 0 unspecified atom stereocenters. The molecule has 2 aromatic carbocycles. The fourth-order valence-corrected chi connectivity index (χ4v) is 2.79. The summed E-state index contributed by atoms with van der Waals surface area (Å²) in [5.74, 6) is 0.618. The fraction of sp³-hybridized carbons (Fsp3) is 0.250. The largest absolute Gasteiger partial charge is 0.399 e. The van der Waals surface area contributed by atoms with Crippen LogP contribution >= 0.6 is 12.4 Å². The average Bonchev–Trinajstić information content (AvgIpc) is 2.63. The molecule has 4 N–H and O–H groups in total. The van der Waals surface area contributed by atoms with Gasteiger partial charge in [0.2, 0.25) is 5.91 Å². The summed E-state index contributed by atoms with van der Waals surface area (Å²) >= 11 is 0. The molecule has 142 valence electrons. The second-order valence-electron chi connectivity index (χ2n) is 6.22. The Kier molecular flexibility index (Phi) is 7.37. The highest BCUT2D eigenvalue weighted by Crippen LogP contribution is 2.08. The maximum Gasteiger partial charge on any atom is 0.258 e. The van der Waals surface area contributed by atoms with E-state index in [2.05, 4.69) is 15.3 Å². The van der Waals surface area contributed by atoms with E-state index in [4.69, 9.17) is 5.73 Å². The number of carbonyl (C=O) groups excluding carboxylic acids is 1. The Morgan fingerprint density at radius 3 is 2.59 bits per heavy atom. The lowest BCUT2D eigenvalue weighted by molar-refractivity contribution is -0.121. The first-order chi connectivity index (χ1) is 12.6. The summed E-state index contributed by atoms with van der Waals surface area (Å²) in [7, 11) is 0. The third-order valence-electron chi connectivity index (χ3n) is 4.19. The van der Waals surface area contributed by atoms with Crippen LogP contribution in [0.25, 0.3) is 10.9 Å². The molecule has 27 heavy (non-hydrogen) atoms. The van der Waals surface area contributed by atoms with E-state index >= 15 is 0 Å². The van der Waals surface area contributed by atoms with E-state index in [0.717, 1.165) is 17.7 Å². The number of aromatic amines is 1. The number of nitrogen functional groups attached to an aromatic ring is 1. The Morgan fingerprint density at radius 2 is 1.81 bits per heavy atom. The first-order valence-corrected chi connectivity index (χ1v) is 8.71. The number of carbonyl (C=O) groups is 1. The molecule has 3 rings (SSSR count). The number of nitrogens with zero attached hydrogens (tertiary/aromatic N) is 1. The molecule has 3 aromatic rings. The van der Waals surface area contributed by atoms with Crippen molar-refractivity contribution in [3.05, 3.63) is 70.3 Å². The first-order valence-electron chi connectivity index (χ1n) is 8.71. The Morgan fingerprint density at radius 1 is 1.07 bits per heavy atom. The van der Waals surface area contributed by atoms with E-state index in [1.807, 2.05) is 42.5 Å². The minimum absolute atomic E-state index is 0. The van der Waals surface area contributed by atoms with Gasteiger partial charge in [0.1, 0.15) is 5.82 Å². The van der Waals surface area contributed by atoms with E-state index in [0.29, 0.717) is 42.5 Å². The van der Waals surface area contributed by atoms with Crippen molar-refractivity contribution in [3.63, 3.8) is 0 Å². The number of nitrogens with one attached hydrogen (secondary N) is 2. The van der Waals surface area contributed by atoms with Crippen molar-refractivity contribution >= 4 is 34.9 Å². The van der Waals surface area contributed by atoms with Gasteiger partial charge >= 0.3 is 0 Å². The van der Waals surface area contributed by atoms with Crippen LogP contribution in [0.5, 0.6) is 0 Å². The lowest BCUT2D eigenvalue weighted by atomic mass is 10.1. The molecule has 7 heteroatoms. The predicted octanol–water partition coefficient (Wildman–Crippen LogP) is 2.61. The van der Waals surface area contributed by atoms with E-state index in [1.54, 1.807) is 6.07 Å². The number of amides is 1. The van der Waals surface area contributed by atoms with Gasteiger partial charge in [-0.3, -0.25) is 9.59 Å². The average molecular weight is 387 g/mol. The Bertz CT molecular complexity index is 954. The van der Waals surface area contributed by atoms with E-state index in [-0.39, 0.29) is 23.9 Å². The molecule has 1 amide bonds. The van der Waals surface area contributed by atoms with Crippen LogP contribution in [0.2, 0.25) is 0 Å². The molecule has 0 spiro atoms. The summed E-state index contributed by atoms with van der Waals surface area (Å²) in [4.78, 5) is 31.2. The summed E-state index contributed by atoms with van der Waals surface area (Å²) in [5, 5.41) is 3.49. The van der Waals surface area contributed by atoms with E-state index in [1.165, 1.54) is 0 Å². The van der Waals surface area contributed by atoms with Crippen molar-refractivity contribution in [1.82, 2.24) is 15.3 Å². The van der Waals surface area contributed by atoms with Gasteiger partial charge < -0.3 is 16.0 Å². The van der Waals surface area contributed by atoms with Crippen LogP contribution in [0.3, 0.4) is 0 Å². The molecular weight excluding hydrogens is 364 g/mol. The van der Waals surface area contributed by atoms with Crippen molar-refractivity contribution in [2.24, 2.45) is 0 Å². The number of anilines is 1. The minimum atomic E-state index is -0.140. The van der Waals surface area contributed by atoms with E-state index in [9.17, 15) is 9.59 Å². The zero-order valence-electron chi connectivity index (χ0n) is 14.9. The van der Waals surface area contributed by atoms with Gasteiger partial charge in [0.15, 0.2) is 0 Å². The monoisotopic (exact) mass is 386 g/mol. The Hall–Kier alpha value is -2.86. The molecule has 0 aliphatic rings. The van der Waals surface area contributed by atoms with E-state index < -0.39 is 0 Å². The lowest BCUT2D eigenvalue weighted by Gasteiger charge is -2.06. The summed E-state index contributed by atoms with van der Waals surface area (Å²) in [6, 6.07) is 14.9. The third kappa shape index (κ3) is 5.82. The number of H-pyrrole nitrogens is 1. The van der Waals surface area contributed by atoms with Crippen molar-refractivity contribution in [1.29, 1.82) is 0 Å². The predicted molar refractivity (Wildman–Crippen MR) is 110 cm³/mol. The summed E-state index contributed by atoms with van der Waals surface area (Å²) < 4.78 is 0. The molecule has 0 bridgehead atoms. The van der Waals surface area contributed by atoms with Crippen LogP contribution in [0.4, 0.5) is 5.69 Å². The van der Waals surface area contributed by atoms with Crippen LogP contribution in [0, 0.1) is 0 Å².